The van der Waals surface area contributed by atoms with E-state index in [9.17, 15) is 19.2 Å². The fourth-order valence-corrected chi connectivity index (χ4v) is 5.61. The Bertz CT molecular complexity index is 1450. The molecule has 45 heavy (non-hydrogen) atoms. The van der Waals surface area contributed by atoms with Crippen molar-refractivity contribution in [3.8, 4) is 0 Å². The van der Waals surface area contributed by atoms with Crippen molar-refractivity contribution in [2.75, 3.05) is 25.0 Å². The lowest BCUT2D eigenvalue weighted by atomic mass is 9.73. The maximum Gasteiger partial charge on any atom is 0.622 e. The van der Waals surface area contributed by atoms with Gasteiger partial charge in [-0.05, 0) is 37.1 Å². The highest BCUT2D eigenvalue weighted by atomic mass is 16.6. The van der Waals surface area contributed by atoms with Gasteiger partial charge in [-0.15, -0.1) is 0 Å². The van der Waals surface area contributed by atoms with E-state index < -0.39 is 54.9 Å². The summed E-state index contributed by atoms with van der Waals surface area (Å²) in [4.78, 5) is 65.6. The van der Waals surface area contributed by atoms with E-state index in [1.165, 1.54) is 18.6 Å². The molecule has 3 heterocycles. The first kappa shape index (κ1) is 31.6. The number of hydrogen-bond acceptors (Lipinski definition) is 10. The highest BCUT2D eigenvalue weighted by molar-refractivity contribution is 6.51. The summed E-state index contributed by atoms with van der Waals surface area (Å²) in [6, 6.07) is 16.3. The normalized spacial score (nSPS) is 19.9. The minimum absolute atomic E-state index is 0.0376. The topological polar surface area (TPSA) is 143 Å². The molecule has 2 amide bonds. The molecule has 2 unspecified atom stereocenters. The standard InChI is InChI=1S/C32H37BN6O6/c1-21(2)16-28(37-29(40)24(17-22-10-6-4-7-11-22)36-30(41)25-18-34-14-15-35-25)33-44-31(42)26-19-39(23-12-8-5-9-13-23)20-27(38(26)3)32(43)45-33/h4-15,18,21,24,26-28H,16-17,19-20H2,1-3H3,(H,36,41)(H,37,40)/t24?,26-,27-,28?/m1/s1. The minimum Gasteiger partial charge on any atom is -0.497 e. The molecule has 13 heteroatoms. The number of fused-ring (bicyclic) bond motifs is 2. The maximum absolute atomic E-state index is 13.9. The zero-order chi connectivity index (χ0) is 31.9. The number of carbonyl (C=O) groups is 4. The molecule has 12 nitrogen and oxygen atoms in total. The molecule has 0 saturated carbocycles. The fourth-order valence-electron chi connectivity index (χ4n) is 5.61. The lowest BCUT2D eigenvalue weighted by Gasteiger charge is -2.45. The van der Waals surface area contributed by atoms with Gasteiger partial charge in [-0.1, -0.05) is 62.4 Å². The summed E-state index contributed by atoms with van der Waals surface area (Å²) in [7, 11) is 0.355. The Balaban J connectivity index is 1.36. The van der Waals surface area contributed by atoms with E-state index in [0.717, 1.165) is 11.3 Å². The monoisotopic (exact) mass is 612 g/mol. The minimum atomic E-state index is -1.36. The maximum atomic E-state index is 13.9. The van der Waals surface area contributed by atoms with Gasteiger partial charge in [0.1, 0.15) is 23.8 Å². The molecule has 0 aliphatic carbocycles. The number of rotatable bonds is 10. The summed E-state index contributed by atoms with van der Waals surface area (Å²) in [5, 5.41) is 5.69. The molecule has 2 N–H and O–H groups in total. The molecular weight excluding hydrogens is 575 g/mol. The van der Waals surface area contributed by atoms with Crippen molar-refractivity contribution >= 4 is 36.6 Å². The van der Waals surface area contributed by atoms with Crippen LogP contribution in [0.3, 0.4) is 0 Å². The Morgan fingerprint density at radius 1 is 0.933 bits per heavy atom. The number of para-hydroxylation sites is 1. The lowest BCUT2D eigenvalue weighted by Crippen LogP contribution is -2.67. The molecule has 234 valence electrons. The van der Waals surface area contributed by atoms with E-state index in [-0.39, 0.29) is 18.0 Å². The van der Waals surface area contributed by atoms with E-state index in [4.69, 9.17) is 9.31 Å². The van der Waals surface area contributed by atoms with Crippen LogP contribution in [0.2, 0.25) is 0 Å². The Kier molecular flexibility index (Phi) is 10.1. The summed E-state index contributed by atoms with van der Waals surface area (Å²) in [6.45, 7) is 4.54. The predicted octanol–water partition coefficient (Wildman–Crippen LogP) is 1.67. The van der Waals surface area contributed by atoms with Crippen molar-refractivity contribution in [1.29, 1.82) is 0 Å². The molecule has 0 radical (unpaired) electrons. The van der Waals surface area contributed by atoms with Gasteiger partial charge in [0.25, 0.3) is 5.91 Å². The van der Waals surface area contributed by atoms with E-state index in [0.29, 0.717) is 19.5 Å². The Labute approximate surface area is 262 Å². The van der Waals surface area contributed by atoms with Crippen molar-refractivity contribution in [2.24, 2.45) is 5.92 Å². The second-order valence-electron chi connectivity index (χ2n) is 11.7. The van der Waals surface area contributed by atoms with E-state index in [1.54, 1.807) is 11.9 Å². The highest BCUT2D eigenvalue weighted by Gasteiger charge is 2.50. The van der Waals surface area contributed by atoms with Gasteiger partial charge in [0.15, 0.2) is 0 Å². The number of piperazine rings is 1. The van der Waals surface area contributed by atoms with Gasteiger partial charge in [0.05, 0.1) is 12.1 Å². The van der Waals surface area contributed by atoms with E-state index in [1.807, 2.05) is 79.4 Å². The van der Waals surface area contributed by atoms with Crippen molar-refractivity contribution in [3.05, 3.63) is 90.5 Å². The summed E-state index contributed by atoms with van der Waals surface area (Å²) in [5.41, 5.74) is 1.77. The van der Waals surface area contributed by atoms with Crippen LogP contribution in [-0.4, -0.2) is 89.9 Å². The molecule has 2 aromatic carbocycles. The highest BCUT2D eigenvalue weighted by Crippen LogP contribution is 2.26. The number of nitrogens with zero attached hydrogens (tertiary/aromatic N) is 4. The largest absolute Gasteiger partial charge is 0.622 e. The van der Waals surface area contributed by atoms with Crippen LogP contribution in [0, 0.1) is 5.92 Å². The molecule has 3 aromatic rings. The van der Waals surface area contributed by atoms with Crippen LogP contribution >= 0.6 is 0 Å². The van der Waals surface area contributed by atoms with Crippen molar-refractivity contribution in [3.63, 3.8) is 0 Å². The van der Waals surface area contributed by atoms with Crippen LogP contribution < -0.4 is 15.5 Å². The van der Waals surface area contributed by atoms with Gasteiger partial charge in [-0.3, -0.25) is 29.1 Å². The summed E-state index contributed by atoms with van der Waals surface area (Å²) in [5.74, 6) is -3.03. The third-order valence-electron chi connectivity index (χ3n) is 7.98. The molecular formula is C32H37BN6O6. The molecule has 4 atom stereocenters. The Hall–Kier alpha value is -4.78. The van der Waals surface area contributed by atoms with E-state index >= 15 is 0 Å². The van der Waals surface area contributed by atoms with Crippen LogP contribution in [0.5, 0.6) is 0 Å². The number of amides is 2. The number of aromatic nitrogens is 2. The molecule has 2 fully saturated rings. The number of anilines is 1. The second-order valence-corrected chi connectivity index (χ2v) is 11.7. The fraction of sp³-hybridized carbons (Fsp3) is 0.375. The van der Waals surface area contributed by atoms with Gasteiger partial charge in [-0.25, -0.2) is 4.98 Å². The van der Waals surface area contributed by atoms with Crippen molar-refractivity contribution in [2.45, 2.75) is 50.8 Å². The van der Waals surface area contributed by atoms with Crippen LogP contribution in [0.25, 0.3) is 0 Å². The first-order valence-corrected chi connectivity index (χ1v) is 15.0. The zero-order valence-electron chi connectivity index (χ0n) is 25.5. The summed E-state index contributed by atoms with van der Waals surface area (Å²) < 4.78 is 11.7. The van der Waals surface area contributed by atoms with Gasteiger partial charge in [0.2, 0.25) is 5.91 Å². The third-order valence-corrected chi connectivity index (χ3v) is 7.98. The lowest BCUT2D eigenvalue weighted by molar-refractivity contribution is -0.155. The SMILES string of the molecule is CC(C)CC(NC(=O)C(Cc1ccccc1)NC(=O)c1cnccn1)B1OC(=O)[C@H]2CN(c3ccccc3)C[C@H](C(=O)O1)N2C. The zero-order valence-corrected chi connectivity index (χ0v) is 25.5. The predicted molar refractivity (Wildman–Crippen MR) is 167 cm³/mol. The number of benzene rings is 2. The smallest absolute Gasteiger partial charge is 0.497 e. The molecule has 2 aliphatic heterocycles. The van der Waals surface area contributed by atoms with Crippen LogP contribution in [-0.2, 0) is 30.1 Å². The quantitative estimate of drug-likeness (QED) is 0.325. The first-order valence-electron chi connectivity index (χ1n) is 15.0. The first-order chi connectivity index (χ1) is 21.7. The molecule has 2 saturated heterocycles. The average molecular weight is 612 g/mol. The van der Waals surface area contributed by atoms with Crippen molar-refractivity contribution in [1.82, 2.24) is 25.5 Å². The van der Waals surface area contributed by atoms with E-state index in [2.05, 4.69) is 20.6 Å². The van der Waals surface area contributed by atoms with Crippen LogP contribution in [0.1, 0.15) is 36.3 Å². The third kappa shape index (κ3) is 7.85. The van der Waals surface area contributed by atoms with Gasteiger partial charge < -0.3 is 24.8 Å². The summed E-state index contributed by atoms with van der Waals surface area (Å²) >= 11 is 0. The van der Waals surface area contributed by atoms with Crippen molar-refractivity contribution < 1.29 is 28.5 Å². The molecule has 0 spiro atoms. The van der Waals surface area contributed by atoms with Gasteiger partial charge in [0, 0.05) is 37.6 Å². The molecule has 2 aliphatic rings. The number of hydrogen-bond donors (Lipinski definition) is 2. The number of carbonyl (C=O) groups excluding carboxylic acids is 4. The van der Waals surface area contributed by atoms with Crippen LogP contribution in [0.4, 0.5) is 5.69 Å². The average Bonchev–Trinajstić information content (AvgIpc) is 3.04. The van der Waals surface area contributed by atoms with Gasteiger partial charge in [-0.2, -0.15) is 0 Å². The summed E-state index contributed by atoms with van der Waals surface area (Å²) in [6.07, 6.45) is 4.68. The second kappa shape index (κ2) is 14.3. The molecule has 2 bridgehead atoms. The van der Waals surface area contributed by atoms with Crippen LogP contribution in [0.15, 0.2) is 79.3 Å². The molecule has 5 rings (SSSR count). The van der Waals surface area contributed by atoms with Gasteiger partial charge >= 0.3 is 19.1 Å². The number of nitrogens with one attached hydrogen (secondary N) is 2. The molecule has 1 aromatic heterocycles. The number of likely N-dealkylation sites (N-methyl/N-ethyl adjacent to an activating group) is 1. The Morgan fingerprint density at radius 2 is 1.56 bits per heavy atom. The Morgan fingerprint density at radius 3 is 2.13 bits per heavy atom.